The van der Waals surface area contributed by atoms with Gasteiger partial charge in [-0.1, -0.05) is 192 Å². The Morgan fingerprint density at radius 1 is 0.596 bits per heavy atom. The fourth-order valence-electron chi connectivity index (χ4n) is 6.89. The van der Waals surface area contributed by atoms with E-state index in [2.05, 4.69) is 43.5 Å². The summed E-state index contributed by atoms with van der Waals surface area (Å²) in [6.45, 7) is 3.95. The zero-order valence-electron chi connectivity index (χ0n) is 36.9. The number of nitrogens with two attached hydrogens (primary N) is 1. The molecule has 0 aliphatic carbocycles. The first kappa shape index (κ1) is 55.7. The number of aliphatic hydroxyl groups is 2. The van der Waals surface area contributed by atoms with Gasteiger partial charge < -0.3 is 26.2 Å². The van der Waals surface area contributed by atoms with E-state index in [0.29, 0.717) is 12.8 Å². The summed E-state index contributed by atoms with van der Waals surface area (Å²) >= 11 is 0. The van der Waals surface area contributed by atoms with Crippen LogP contribution in [-0.4, -0.2) is 59.0 Å². The minimum atomic E-state index is -4.41. The Hall–Kier alpha value is -1.32. The van der Waals surface area contributed by atoms with Gasteiger partial charge in [0.1, 0.15) is 0 Å². The van der Waals surface area contributed by atoms with Crippen LogP contribution < -0.4 is 11.1 Å². The largest absolute Gasteiger partial charge is 0.472 e. The molecule has 0 aromatic rings. The first-order valence-corrected chi connectivity index (χ1v) is 25.2. The Morgan fingerprint density at radius 3 is 1.46 bits per heavy atom. The summed E-state index contributed by atoms with van der Waals surface area (Å²) in [6, 6.07) is -1.00. The van der Waals surface area contributed by atoms with Crippen LogP contribution in [-0.2, 0) is 18.4 Å². The molecule has 10 heteroatoms. The number of carbonyl (C=O) groups is 1. The van der Waals surface area contributed by atoms with Crippen molar-refractivity contribution < 1.29 is 33.5 Å². The summed E-state index contributed by atoms with van der Waals surface area (Å²) in [4.78, 5) is 22.8. The van der Waals surface area contributed by atoms with E-state index in [-0.39, 0.29) is 19.6 Å². The number of allylic oxidation sites excluding steroid dienone is 5. The van der Waals surface area contributed by atoms with Crippen LogP contribution in [0.1, 0.15) is 219 Å². The average molecular weight is 827 g/mol. The van der Waals surface area contributed by atoms with Crippen molar-refractivity contribution in [3.05, 3.63) is 36.5 Å². The van der Waals surface area contributed by atoms with E-state index in [0.717, 1.165) is 44.9 Å². The third-order valence-corrected chi connectivity index (χ3v) is 11.5. The average Bonchev–Trinajstić information content (AvgIpc) is 3.19. The number of rotatable bonds is 44. The number of nitrogens with one attached hydrogen (secondary N) is 1. The predicted octanol–water partition coefficient (Wildman–Crippen LogP) is 12.5. The molecule has 4 unspecified atom stereocenters. The number of carbonyl (C=O) groups excluding carboxylic acids is 1. The summed E-state index contributed by atoms with van der Waals surface area (Å²) in [5, 5.41) is 24.1. The zero-order chi connectivity index (χ0) is 41.9. The highest BCUT2D eigenvalue weighted by molar-refractivity contribution is 7.47. The summed E-state index contributed by atoms with van der Waals surface area (Å²) in [6.07, 6.45) is 48.1. The Kier molecular flexibility index (Phi) is 41.8. The molecule has 336 valence electrons. The van der Waals surface area contributed by atoms with Crippen molar-refractivity contribution in [3.63, 3.8) is 0 Å². The standard InChI is InChI=1S/C47H91N2O7P/c1-3-5-7-9-11-13-15-17-19-20-21-22-23-24-25-26-28-30-32-34-36-38-44(50)42-47(52)49-45(43-56-57(53,54)55-41-40-48)46(51)39-37-35-33-31-29-27-18-16-14-12-10-8-6-4-2/h24-25,29,31,37,39,44-46,50-51H,3-23,26-28,30,32-36,38,40-43,48H2,1-2H3,(H,49,52)(H,53,54)/b25-24-,31-29+,39-37+. The highest BCUT2D eigenvalue weighted by Crippen LogP contribution is 2.43. The van der Waals surface area contributed by atoms with Crippen molar-refractivity contribution in [2.75, 3.05) is 19.8 Å². The van der Waals surface area contributed by atoms with Crippen LogP contribution in [0.25, 0.3) is 0 Å². The van der Waals surface area contributed by atoms with Gasteiger partial charge in [0.2, 0.25) is 5.91 Å². The Morgan fingerprint density at radius 2 is 1.00 bits per heavy atom. The number of hydrogen-bond acceptors (Lipinski definition) is 7. The quantitative estimate of drug-likeness (QED) is 0.0231. The molecule has 0 bridgehead atoms. The molecule has 0 fully saturated rings. The van der Waals surface area contributed by atoms with Crippen LogP contribution >= 0.6 is 7.82 Å². The molecule has 0 rings (SSSR count). The van der Waals surface area contributed by atoms with Gasteiger partial charge in [0.15, 0.2) is 0 Å². The maximum atomic E-state index is 12.8. The molecule has 0 saturated carbocycles. The lowest BCUT2D eigenvalue weighted by Gasteiger charge is -2.24. The molecule has 6 N–H and O–H groups in total. The number of phosphoric acid groups is 1. The normalized spacial score (nSPS) is 14.8. The minimum Gasteiger partial charge on any atom is -0.393 e. The van der Waals surface area contributed by atoms with Crippen LogP contribution in [0.2, 0.25) is 0 Å². The number of amides is 1. The second kappa shape index (κ2) is 42.8. The lowest BCUT2D eigenvalue weighted by Crippen LogP contribution is -2.46. The third-order valence-electron chi connectivity index (χ3n) is 10.5. The first-order chi connectivity index (χ1) is 27.8. The van der Waals surface area contributed by atoms with E-state index < -0.39 is 38.6 Å². The van der Waals surface area contributed by atoms with Crippen LogP contribution in [0.4, 0.5) is 0 Å². The van der Waals surface area contributed by atoms with Gasteiger partial charge in [-0.25, -0.2) is 4.57 Å². The lowest BCUT2D eigenvalue weighted by atomic mass is 10.0. The summed E-state index contributed by atoms with van der Waals surface area (Å²) in [7, 11) is -4.41. The number of hydrogen-bond donors (Lipinski definition) is 5. The van der Waals surface area contributed by atoms with Crippen LogP contribution in [0, 0.1) is 0 Å². The fourth-order valence-corrected chi connectivity index (χ4v) is 7.65. The topological polar surface area (TPSA) is 151 Å². The minimum absolute atomic E-state index is 0.0435. The first-order valence-electron chi connectivity index (χ1n) is 23.7. The van der Waals surface area contributed by atoms with Gasteiger partial charge in [-0.15, -0.1) is 0 Å². The Balaban J connectivity index is 4.25. The van der Waals surface area contributed by atoms with Crippen molar-refractivity contribution in [3.8, 4) is 0 Å². The van der Waals surface area contributed by atoms with E-state index >= 15 is 0 Å². The monoisotopic (exact) mass is 827 g/mol. The zero-order valence-corrected chi connectivity index (χ0v) is 37.8. The molecular weight excluding hydrogens is 735 g/mol. The second-order valence-electron chi connectivity index (χ2n) is 16.1. The van der Waals surface area contributed by atoms with E-state index in [1.165, 1.54) is 141 Å². The summed E-state index contributed by atoms with van der Waals surface area (Å²) < 4.78 is 22.1. The molecule has 9 nitrogen and oxygen atoms in total. The van der Waals surface area contributed by atoms with E-state index in [1.807, 2.05) is 6.08 Å². The molecule has 0 saturated heterocycles. The van der Waals surface area contributed by atoms with Gasteiger partial charge >= 0.3 is 7.82 Å². The maximum absolute atomic E-state index is 12.8. The van der Waals surface area contributed by atoms with Crippen molar-refractivity contribution in [2.45, 2.75) is 238 Å². The molecule has 0 heterocycles. The Labute approximate surface area is 351 Å². The van der Waals surface area contributed by atoms with Crippen molar-refractivity contribution in [2.24, 2.45) is 5.73 Å². The van der Waals surface area contributed by atoms with Crippen LogP contribution in [0.3, 0.4) is 0 Å². The number of phosphoric ester groups is 1. The molecular formula is C47H91N2O7P. The fraction of sp³-hybridized carbons (Fsp3) is 0.851. The summed E-state index contributed by atoms with van der Waals surface area (Å²) in [5.74, 6) is -0.460. The van der Waals surface area contributed by atoms with Crippen molar-refractivity contribution in [1.29, 1.82) is 0 Å². The highest BCUT2D eigenvalue weighted by atomic mass is 31.2. The number of unbranched alkanes of at least 4 members (excludes halogenated alkanes) is 26. The maximum Gasteiger partial charge on any atom is 0.472 e. The van der Waals surface area contributed by atoms with Crippen molar-refractivity contribution in [1.82, 2.24) is 5.32 Å². The molecule has 0 radical (unpaired) electrons. The van der Waals surface area contributed by atoms with Crippen LogP contribution in [0.5, 0.6) is 0 Å². The predicted molar refractivity (Wildman–Crippen MR) is 241 cm³/mol. The third kappa shape index (κ3) is 41.2. The second-order valence-corrected chi connectivity index (χ2v) is 17.6. The molecule has 0 aliphatic rings. The van der Waals surface area contributed by atoms with Gasteiger partial charge in [-0.2, -0.15) is 0 Å². The van der Waals surface area contributed by atoms with Gasteiger partial charge in [0.05, 0.1) is 37.9 Å². The smallest absolute Gasteiger partial charge is 0.393 e. The molecule has 0 aromatic heterocycles. The molecule has 57 heavy (non-hydrogen) atoms. The number of aliphatic hydroxyl groups excluding tert-OH is 2. The lowest BCUT2D eigenvalue weighted by molar-refractivity contribution is -0.124. The molecule has 0 aromatic carbocycles. The van der Waals surface area contributed by atoms with E-state index in [9.17, 15) is 24.5 Å². The summed E-state index contributed by atoms with van der Waals surface area (Å²) in [5.41, 5.74) is 5.36. The van der Waals surface area contributed by atoms with E-state index in [1.54, 1.807) is 6.08 Å². The van der Waals surface area contributed by atoms with Gasteiger partial charge in [0, 0.05) is 6.54 Å². The molecule has 4 atom stereocenters. The molecule has 1 amide bonds. The molecule has 0 aliphatic heterocycles. The van der Waals surface area contributed by atoms with Gasteiger partial charge in [-0.05, 0) is 57.8 Å². The van der Waals surface area contributed by atoms with Gasteiger partial charge in [0.25, 0.3) is 0 Å². The van der Waals surface area contributed by atoms with Crippen molar-refractivity contribution >= 4 is 13.7 Å². The van der Waals surface area contributed by atoms with Gasteiger partial charge in [-0.3, -0.25) is 13.8 Å². The SMILES string of the molecule is CCCCCCCCCC/C=C/CC/C=C/C(O)C(COP(=O)(O)OCCN)NC(=O)CC(O)CCCCCCC/C=C\CCCCCCCCCCCCCC. The van der Waals surface area contributed by atoms with Crippen LogP contribution in [0.15, 0.2) is 36.5 Å². The molecule has 0 spiro atoms. The Bertz CT molecular complexity index is 1010. The van der Waals surface area contributed by atoms with E-state index in [4.69, 9.17) is 14.8 Å². The highest BCUT2D eigenvalue weighted by Gasteiger charge is 2.27.